The van der Waals surface area contributed by atoms with Crippen LogP contribution in [0.15, 0.2) is 36.7 Å². The number of hydroxylamine groups is 1. The topological polar surface area (TPSA) is 67.2 Å². The number of carbonyl (C=O) groups excluding carboxylic acids is 1. The monoisotopic (exact) mass is 331 g/mol. The molecular formula is C17H15F2N3O2. The summed E-state index contributed by atoms with van der Waals surface area (Å²) in [7, 11) is 0. The number of aryl methyl sites for hydroxylation is 1. The number of nitrogens with zero attached hydrogens (tertiary/aromatic N) is 2. The zero-order valence-electron chi connectivity index (χ0n) is 12.9. The van der Waals surface area contributed by atoms with E-state index in [9.17, 15) is 13.6 Å². The lowest BCUT2D eigenvalue weighted by atomic mass is 10.1. The Morgan fingerprint density at radius 3 is 2.75 bits per heavy atom. The fourth-order valence-electron chi connectivity index (χ4n) is 2.69. The summed E-state index contributed by atoms with van der Waals surface area (Å²) in [6.07, 6.45) is 4.07. The van der Waals surface area contributed by atoms with Crippen LogP contribution < -0.4 is 5.48 Å². The van der Waals surface area contributed by atoms with Gasteiger partial charge in [-0.15, -0.1) is 0 Å². The van der Waals surface area contributed by atoms with E-state index in [1.165, 1.54) is 18.3 Å². The summed E-state index contributed by atoms with van der Waals surface area (Å²) in [6, 6.07) is 5.05. The van der Waals surface area contributed by atoms with Crippen molar-refractivity contribution in [3.8, 4) is 0 Å². The molecule has 0 aliphatic rings. The van der Waals surface area contributed by atoms with Crippen molar-refractivity contribution in [3.05, 3.63) is 65.1 Å². The van der Waals surface area contributed by atoms with E-state index < -0.39 is 17.5 Å². The molecule has 0 radical (unpaired) electrons. The molecule has 5 nitrogen and oxygen atoms in total. The molecule has 0 bridgehead atoms. The predicted molar refractivity (Wildman–Crippen MR) is 83.8 cm³/mol. The first-order valence-electron chi connectivity index (χ1n) is 7.39. The van der Waals surface area contributed by atoms with Crippen molar-refractivity contribution in [2.75, 3.05) is 0 Å². The second-order valence-corrected chi connectivity index (χ2v) is 5.40. The van der Waals surface area contributed by atoms with E-state index in [4.69, 9.17) is 5.21 Å². The van der Waals surface area contributed by atoms with Gasteiger partial charge in [-0.05, 0) is 24.1 Å². The van der Waals surface area contributed by atoms with Crippen molar-refractivity contribution in [3.63, 3.8) is 0 Å². The minimum atomic E-state index is -0.698. The number of hydrogen-bond donors (Lipinski definition) is 2. The van der Waals surface area contributed by atoms with Gasteiger partial charge in [0.05, 0.1) is 18.3 Å². The normalized spacial score (nSPS) is 11.0. The van der Waals surface area contributed by atoms with E-state index in [1.807, 2.05) is 13.1 Å². The highest BCUT2D eigenvalue weighted by atomic mass is 19.1. The first kappa shape index (κ1) is 16.1. The SMILES string of the molecule is CCc1cn(Cc2ccc(F)cc2F)c2cnc(C(=O)NO)cc12. The number of pyridine rings is 1. The molecule has 0 saturated heterocycles. The van der Waals surface area contributed by atoms with Gasteiger partial charge in [0, 0.05) is 23.2 Å². The standard InChI is InChI=1S/C17H15F2N3O2/c1-2-10-8-22(9-11-3-4-12(18)5-14(11)19)16-7-20-15(6-13(10)16)17(23)21-24/h3-8,24H,2,9H2,1H3,(H,21,23). The third-order valence-electron chi connectivity index (χ3n) is 3.92. The molecule has 0 saturated carbocycles. The minimum absolute atomic E-state index is 0.0883. The van der Waals surface area contributed by atoms with Gasteiger partial charge in [-0.25, -0.2) is 19.2 Å². The molecule has 7 heteroatoms. The Morgan fingerprint density at radius 2 is 2.08 bits per heavy atom. The van der Waals surface area contributed by atoms with E-state index in [0.29, 0.717) is 12.0 Å². The summed E-state index contributed by atoms with van der Waals surface area (Å²) in [5, 5.41) is 9.52. The largest absolute Gasteiger partial charge is 0.341 e. The van der Waals surface area contributed by atoms with Crippen molar-refractivity contribution >= 4 is 16.8 Å². The quantitative estimate of drug-likeness (QED) is 0.570. The summed E-state index contributed by atoms with van der Waals surface area (Å²) in [5.74, 6) is -1.93. The molecule has 1 amide bonds. The van der Waals surface area contributed by atoms with E-state index >= 15 is 0 Å². The molecule has 0 aliphatic carbocycles. The van der Waals surface area contributed by atoms with Crippen molar-refractivity contribution in [1.82, 2.24) is 15.0 Å². The fraction of sp³-hybridized carbons (Fsp3) is 0.176. The molecular weight excluding hydrogens is 316 g/mol. The molecule has 24 heavy (non-hydrogen) atoms. The van der Waals surface area contributed by atoms with Crippen molar-refractivity contribution in [1.29, 1.82) is 0 Å². The fourth-order valence-corrected chi connectivity index (χ4v) is 2.69. The molecule has 2 N–H and O–H groups in total. The Kier molecular flexibility index (Phi) is 4.26. The summed E-state index contributed by atoms with van der Waals surface area (Å²) in [4.78, 5) is 15.5. The van der Waals surface area contributed by atoms with Gasteiger partial charge in [0.15, 0.2) is 0 Å². The Balaban J connectivity index is 2.07. The summed E-state index contributed by atoms with van der Waals surface area (Å²) < 4.78 is 28.7. The molecule has 0 unspecified atom stereocenters. The van der Waals surface area contributed by atoms with Gasteiger partial charge in [-0.3, -0.25) is 10.0 Å². The maximum Gasteiger partial charge on any atom is 0.293 e. The van der Waals surface area contributed by atoms with Crippen LogP contribution in [0.1, 0.15) is 28.5 Å². The van der Waals surface area contributed by atoms with Crippen molar-refractivity contribution in [2.24, 2.45) is 0 Å². The molecule has 0 fully saturated rings. The number of aromatic nitrogens is 2. The Hall–Kier alpha value is -2.80. The van der Waals surface area contributed by atoms with Gasteiger partial charge in [0.25, 0.3) is 5.91 Å². The molecule has 3 rings (SSSR count). The van der Waals surface area contributed by atoms with Gasteiger partial charge < -0.3 is 4.57 Å². The van der Waals surface area contributed by atoms with Crippen LogP contribution in [0.2, 0.25) is 0 Å². The molecule has 0 atom stereocenters. The lowest BCUT2D eigenvalue weighted by Crippen LogP contribution is -2.19. The minimum Gasteiger partial charge on any atom is -0.341 e. The second-order valence-electron chi connectivity index (χ2n) is 5.40. The number of hydrogen-bond acceptors (Lipinski definition) is 3. The van der Waals surface area contributed by atoms with Crippen LogP contribution in [-0.2, 0) is 13.0 Å². The van der Waals surface area contributed by atoms with Crippen molar-refractivity contribution in [2.45, 2.75) is 19.9 Å². The van der Waals surface area contributed by atoms with Crippen LogP contribution in [0.5, 0.6) is 0 Å². The highest BCUT2D eigenvalue weighted by Gasteiger charge is 2.14. The highest BCUT2D eigenvalue weighted by Crippen LogP contribution is 2.24. The number of benzene rings is 1. The Bertz CT molecular complexity index is 922. The Morgan fingerprint density at radius 1 is 1.29 bits per heavy atom. The summed E-state index contributed by atoms with van der Waals surface area (Å²) in [5.41, 5.74) is 3.68. The number of fused-ring (bicyclic) bond motifs is 1. The average molecular weight is 331 g/mol. The molecule has 0 aliphatic heterocycles. The van der Waals surface area contributed by atoms with Crippen LogP contribution in [-0.4, -0.2) is 20.7 Å². The van der Waals surface area contributed by atoms with Crippen molar-refractivity contribution < 1.29 is 18.8 Å². The maximum absolute atomic E-state index is 13.9. The summed E-state index contributed by atoms with van der Waals surface area (Å²) >= 11 is 0. The van der Waals surface area contributed by atoms with E-state index in [2.05, 4.69) is 4.98 Å². The van der Waals surface area contributed by atoms with Gasteiger partial charge in [0.1, 0.15) is 17.3 Å². The summed E-state index contributed by atoms with van der Waals surface area (Å²) in [6.45, 7) is 2.18. The average Bonchev–Trinajstić information content (AvgIpc) is 2.93. The van der Waals surface area contributed by atoms with Crippen LogP contribution in [0, 0.1) is 11.6 Å². The van der Waals surface area contributed by atoms with E-state index in [-0.39, 0.29) is 12.2 Å². The lowest BCUT2D eigenvalue weighted by molar-refractivity contribution is 0.0701. The molecule has 3 aromatic rings. The third kappa shape index (κ3) is 2.85. The maximum atomic E-state index is 13.9. The van der Waals surface area contributed by atoms with Crippen LogP contribution in [0.4, 0.5) is 8.78 Å². The number of amides is 1. The molecule has 124 valence electrons. The predicted octanol–water partition coefficient (Wildman–Crippen LogP) is 3.04. The lowest BCUT2D eigenvalue weighted by Gasteiger charge is -2.07. The number of rotatable bonds is 4. The van der Waals surface area contributed by atoms with Gasteiger partial charge in [-0.2, -0.15) is 0 Å². The smallest absolute Gasteiger partial charge is 0.293 e. The van der Waals surface area contributed by atoms with E-state index in [0.717, 1.165) is 22.5 Å². The molecule has 1 aromatic carbocycles. The third-order valence-corrected chi connectivity index (χ3v) is 3.92. The van der Waals surface area contributed by atoms with Gasteiger partial charge >= 0.3 is 0 Å². The number of nitrogens with one attached hydrogen (secondary N) is 1. The van der Waals surface area contributed by atoms with Crippen LogP contribution in [0.25, 0.3) is 10.9 Å². The van der Waals surface area contributed by atoms with Crippen LogP contribution in [0.3, 0.4) is 0 Å². The zero-order valence-corrected chi connectivity index (χ0v) is 12.9. The number of carbonyl (C=O) groups is 1. The number of halogens is 2. The highest BCUT2D eigenvalue weighted by molar-refractivity contribution is 5.96. The molecule has 0 spiro atoms. The van der Waals surface area contributed by atoms with Crippen LogP contribution >= 0.6 is 0 Å². The zero-order chi connectivity index (χ0) is 17.3. The van der Waals surface area contributed by atoms with E-state index in [1.54, 1.807) is 16.1 Å². The molecule has 2 heterocycles. The van der Waals surface area contributed by atoms with Gasteiger partial charge in [-0.1, -0.05) is 13.0 Å². The van der Waals surface area contributed by atoms with Gasteiger partial charge in [0.2, 0.25) is 0 Å². The first-order chi connectivity index (χ1) is 11.5. The second kappa shape index (κ2) is 6.37. The first-order valence-corrected chi connectivity index (χ1v) is 7.39. The molecule has 2 aromatic heterocycles. The Labute approximate surface area is 136 Å².